The number of hydrogen-bond acceptors (Lipinski definition) is 1. The summed E-state index contributed by atoms with van der Waals surface area (Å²) in [6, 6.07) is 8.85. The molecule has 0 saturated heterocycles. The highest BCUT2D eigenvalue weighted by atomic mass is 15.0. The first kappa shape index (κ1) is 13.6. The average molecular weight is 254 g/mol. The number of aromatic nitrogens is 2. The molecule has 2 rings (SSSR count). The molecule has 0 radical (unpaired) electrons. The molecule has 0 aliphatic carbocycles. The quantitative estimate of drug-likeness (QED) is 0.705. The molecule has 1 aromatic carbocycles. The summed E-state index contributed by atoms with van der Waals surface area (Å²) in [7, 11) is 0. The first-order chi connectivity index (χ1) is 9.29. The Balaban J connectivity index is 1.75. The standard InChI is InChI=1S/C17H22N2/c1-3-6-16-8-10-17(11-9-16)7-4-5-13-19-14-12-18-15(19)2/h3,6,8-12,14H,4-5,7,13H2,1-2H3/b6-3+. The lowest BCUT2D eigenvalue weighted by Gasteiger charge is -2.05. The molecular formula is C17H22N2. The summed E-state index contributed by atoms with van der Waals surface area (Å²) in [5.74, 6) is 1.11. The molecule has 0 spiro atoms. The zero-order chi connectivity index (χ0) is 13.5. The molecule has 19 heavy (non-hydrogen) atoms. The van der Waals surface area contributed by atoms with Crippen LogP contribution in [-0.4, -0.2) is 9.55 Å². The Morgan fingerprint density at radius 1 is 1.16 bits per heavy atom. The van der Waals surface area contributed by atoms with Crippen LogP contribution in [0.1, 0.15) is 36.7 Å². The summed E-state index contributed by atoms with van der Waals surface area (Å²) in [6.07, 6.45) is 11.7. The Labute approximate surface area is 115 Å². The van der Waals surface area contributed by atoms with E-state index in [9.17, 15) is 0 Å². The van der Waals surface area contributed by atoms with Crippen LogP contribution in [0.15, 0.2) is 42.7 Å². The van der Waals surface area contributed by atoms with Gasteiger partial charge in [0.1, 0.15) is 5.82 Å². The van der Waals surface area contributed by atoms with Crippen LogP contribution in [0.5, 0.6) is 0 Å². The minimum absolute atomic E-state index is 1.07. The summed E-state index contributed by atoms with van der Waals surface area (Å²) in [4.78, 5) is 4.24. The van der Waals surface area contributed by atoms with Gasteiger partial charge in [-0.25, -0.2) is 4.98 Å². The zero-order valence-electron chi connectivity index (χ0n) is 11.8. The number of imidazole rings is 1. The van der Waals surface area contributed by atoms with Gasteiger partial charge >= 0.3 is 0 Å². The average Bonchev–Trinajstić information content (AvgIpc) is 2.83. The van der Waals surface area contributed by atoms with Crippen LogP contribution in [0, 0.1) is 6.92 Å². The molecule has 2 aromatic rings. The highest BCUT2D eigenvalue weighted by molar-refractivity contribution is 5.49. The van der Waals surface area contributed by atoms with Gasteiger partial charge in [0.05, 0.1) is 0 Å². The third kappa shape index (κ3) is 4.09. The lowest BCUT2D eigenvalue weighted by atomic mass is 10.1. The maximum atomic E-state index is 4.24. The van der Waals surface area contributed by atoms with Crippen molar-refractivity contribution in [2.75, 3.05) is 0 Å². The second-order valence-electron chi connectivity index (χ2n) is 4.87. The lowest BCUT2D eigenvalue weighted by Crippen LogP contribution is -1.99. The minimum Gasteiger partial charge on any atom is -0.335 e. The van der Waals surface area contributed by atoms with Crippen LogP contribution in [0.3, 0.4) is 0 Å². The highest BCUT2D eigenvalue weighted by Crippen LogP contribution is 2.10. The topological polar surface area (TPSA) is 17.8 Å². The van der Waals surface area contributed by atoms with Crippen LogP contribution < -0.4 is 0 Å². The fraction of sp³-hybridized carbons (Fsp3) is 0.353. The number of unbranched alkanes of at least 4 members (excludes halogenated alkanes) is 1. The van der Waals surface area contributed by atoms with E-state index >= 15 is 0 Å². The number of hydrogen-bond donors (Lipinski definition) is 0. The van der Waals surface area contributed by atoms with Gasteiger partial charge < -0.3 is 4.57 Å². The van der Waals surface area contributed by atoms with Crippen molar-refractivity contribution in [3.05, 3.63) is 59.7 Å². The van der Waals surface area contributed by atoms with E-state index < -0.39 is 0 Å². The molecule has 0 saturated carbocycles. The predicted molar refractivity (Wildman–Crippen MR) is 81.1 cm³/mol. The van der Waals surface area contributed by atoms with Crippen molar-refractivity contribution in [1.82, 2.24) is 9.55 Å². The summed E-state index contributed by atoms with van der Waals surface area (Å²) >= 11 is 0. The third-order valence-electron chi connectivity index (χ3n) is 3.38. The lowest BCUT2D eigenvalue weighted by molar-refractivity contribution is 0.596. The van der Waals surface area contributed by atoms with Gasteiger partial charge in [-0.2, -0.15) is 0 Å². The number of rotatable bonds is 6. The zero-order valence-corrected chi connectivity index (χ0v) is 11.8. The van der Waals surface area contributed by atoms with Crippen molar-refractivity contribution in [2.24, 2.45) is 0 Å². The maximum Gasteiger partial charge on any atom is 0.105 e. The van der Waals surface area contributed by atoms with Crippen molar-refractivity contribution >= 4 is 6.08 Å². The maximum absolute atomic E-state index is 4.24. The molecular weight excluding hydrogens is 232 g/mol. The predicted octanol–water partition coefficient (Wildman–Crippen LogP) is 4.25. The fourth-order valence-corrected chi connectivity index (χ4v) is 2.24. The van der Waals surface area contributed by atoms with Crippen molar-refractivity contribution in [1.29, 1.82) is 0 Å². The first-order valence-corrected chi connectivity index (χ1v) is 6.99. The molecule has 100 valence electrons. The van der Waals surface area contributed by atoms with Gasteiger partial charge in [-0.3, -0.25) is 0 Å². The van der Waals surface area contributed by atoms with Crippen LogP contribution >= 0.6 is 0 Å². The number of allylic oxidation sites excluding steroid dienone is 1. The molecule has 0 N–H and O–H groups in total. The van der Waals surface area contributed by atoms with Crippen molar-refractivity contribution in [3.63, 3.8) is 0 Å². The molecule has 0 amide bonds. The van der Waals surface area contributed by atoms with Gasteiger partial charge in [0, 0.05) is 18.9 Å². The van der Waals surface area contributed by atoms with Crippen LogP contribution in [0.25, 0.3) is 6.08 Å². The summed E-state index contributed by atoms with van der Waals surface area (Å²) in [5, 5.41) is 0. The van der Waals surface area contributed by atoms with Crippen molar-refractivity contribution < 1.29 is 0 Å². The van der Waals surface area contributed by atoms with Crippen LogP contribution in [-0.2, 0) is 13.0 Å². The van der Waals surface area contributed by atoms with E-state index in [1.165, 1.54) is 24.0 Å². The molecule has 0 bridgehead atoms. The van der Waals surface area contributed by atoms with E-state index in [2.05, 4.69) is 59.1 Å². The summed E-state index contributed by atoms with van der Waals surface area (Å²) in [5.41, 5.74) is 2.70. The normalized spacial score (nSPS) is 11.3. The Kier molecular flexibility index (Phi) is 4.96. The molecule has 0 aliphatic heterocycles. The van der Waals surface area contributed by atoms with Gasteiger partial charge in [0.15, 0.2) is 0 Å². The molecule has 2 heteroatoms. The van der Waals surface area contributed by atoms with E-state index in [1.807, 2.05) is 13.1 Å². The Morgan fingerprint density at radius 2 is 1.95 bits per heavy atom. The minimum atomic E-state index is 1.07. The molecule has 0 unspecified atom stereocenters. The van der Waals surface area contributed by atoms with E-state index in [1.54, 1.807) is 0 Å². The number of nitrogens with zero attached hydrogens (tertiary/aromatic N) is 2. The monoisotopic (exact) mass is 254 g/mol. The van der Waals surface area contributed by atoms with Crippen LogP contribution in [0.2, 0.25) is 0 Å². The van der Waals surface area contributed by atoms with E-state index in [4.69, 9.17) is 0 Å². The summed E-state index contributed by atoms with van der Waals surface area (Å²) < 4.78 is 2.22. The Hall–Kier alpha value is -1.83. The van der Waals surface area contributed by atoms with Gasteiger partial charge in [-0.15, -0.1) is 0 Å². The molecule has 0 aliphatic rings. The van der Waals surface area contributed by atoms with Crippen molar-refractivity contribution in [3.8, 4) is 0 Å². The van der Waals surface area contributed by atoms with Crippen molar-refractivity contribution in [2.45, 2.75) is 39.7 Å². The van der Waals surface area contributed by atoms with Gasteiger partial charge in [-0.05, 0) is 44.2 Å². The highest BCUT2D eigenvalue weighted by Gasteiger charge is 1.97. The smallest absolute Gasteiger partial charge is 0.105 e. The number of aryl methyl sites for hydroxylation is 3. The Morgan fingerprint density at radius 3 is 2.58 bits per heavy atom. The number of benzene rings is 1. The Bertz CT molecular complexity index is 520. The SMILES string of the molecule is C/C=C/c1ccc(CCCCn2ccnc2C)cc1. The first-order valence-electron chi connectivity index (χ1n) is 6.99. The van der Waals surface area contributed by atoms with E-state index in [0.717, 1.165) is 18.8 Å². The van der Waals surface area contributed by atoms with E-state index in [-0.39, 0.29) is 0 Å². The molecule has 0 atom stereocenters. The molecule has 2 nitrogen and oxygen atoms in total. The second-order valence-corrected chi connectivity index (χ2v) is 4.87. The molecule has 1 heterocycles. The van der Waals surface area contributed by atoms with Gasteiger partial charge in [0.2, 0.25) is 0 Å². The second kappa shape index (κ2) is 6.93. The fourth-order valence-electron chi connectivity index (χ4n) is 2.24. The van der Waals surface area contributed by atoms with E-state index in [0.29, 0.717) is 0 Å². The van der Waals surface area contributed by atoms with Gasteiger partial charge in [0.25, 0.3) is 0 Å². The third-order valence-corrected chi connectivity index (χ3v) is 3.38. The largest absolute Gasteiger partial charge is 0.335 e. The summed E-state index contributed by atoms with van der Waals surface area (Å²) in [6.45, 7) is 5.18. The van der Waals surface area contributed by atoms with Gasteiger partial charge in [-0.1, -0.05) is 36.4 Å². The molecule has 0 fully saturated rings. The van der Waals surface area contributed by atoms with Crippen LogP contribution in [0.4, 0.5) is 0 Å². The molecule has 1 aromatic heterocycles.